The number of carbonyl (C=O) groups is 1. The highest BCUT2D eigenvalue weighted by molar-refractivity contribution is 9.10. The highest BCUT2D eigenvalue weighted by atomic mass is 79.9. The van der Waals surface area contributed by atoms with E-state index in [0.29, 0.717) is 16.3 Å². The van der Waals surface area contributed by atoms with E-state index in [1.807, 2.05) is 37.3 Å². The van der Waals surface area contributed by atoms with E-state index in [1.54, 1.807) is 24.3 Å². The van der Waals surface area contributed by atoms with E-state index < -0.39 is 0 Å². The van der Waals surface area contributed by atoms with Crippen LogP contribution in [0.1, 0.15) is 20.8 Å². The molecule has 0 bridgehead atoms. The number of thiazole rings is 1. The van der Waals surface area contributed by atoms with Gasteiger partial charge in [0.05, 0.1) is 17.3 Å². The number of benzene rings is 2. The summed E-state index contributed by atoms with van der Waals surface area (Å²) < 4.78 is 1.01. The molecule has 1 aromatic heterocycles. The second kappa shape index (κ2) is 6.95. The van der Waals surface area contributed by atoms with Gasteiger partial charge in [0, 0.05) is 20.5 Å². The summed E-state index contributed by atoms with van der Waals surface area (Å²) in [6, 6.07) is 16.4. The van der Waals surface area contributed by atoms with Crippen LogP contribution in [0.5, 0.6) is 0 Å². The van der Waals surface area contributed by atoms with Crippen LogP contribution in [0.3, 0.4) is 0 Å². The SMILES string of the molecule is Cc1sc(NC(=O)c2ccc(C#N)cc2)nc1-c1ccc(Br)cc1. The zero-order valence-electron chi connectivity index (χ0n) is 12.7. The molecule has 118 valence electrons. The molecule has 3 aromatic rings. The summed E-state index contributed by atoms with van der Waals surface area (Å²) in [7, 11) is 0. The maximum Gasteiger partial charge on any atom is 0.257 e. The molecule has 0 saturated carbocycles. The van der Waals surface area contributed by atoms with Crippen LogP contribution in [0.15, 0.2) is 53.0 Å². The average Bonchev–Trinajstić information content (AvgIpc) is 2.96. The molecule has 0 aliphatic heterocycles. The molecule has 3 rings (SSSR count). The van der Waals surface area contributed by atoms with Crippen LogP contribution in [-0.4, -0.2) is 10.9 Å². The van der Waals surface area contributed by atoms with Gasteiger partial charge in [-0.3, -0.25) is 10.1 Å². The van der Waals surface area contributed by atoms with E-state index in [4.69, 9.17) is 5.26 Å². The van der Waals surface area contributed by atoms with E-state index in [0.717, 1.165) is 20.6 Å². The monoisotopic (exact) mass is 397 g/mol. The van der Waals surface area contributed by atoms with Crippen molar-refractivity contribution in [3.63, 3.8) is 0 Å². The molecule has 1 N–H and O–H groups in total. The summed E-state index contributed by atoms with van der Waals surface area (Å²) in [6.45, 7) is 1.98. The highest BCUT2D eigenvalue weighted by Gasteiger charge is 2.13. The third-order valence-electron chi connectivity index (χ3n) is 3.41. The number of nitrogens with one attached hydrogen (secondary N) is 1. The second-order valence-electron chi connectivity index (χ2n) is 5.07. The molecule has 6 heteroatoms. The van der Waals surface area contributed by atoms with Crippen molar-refractivity contribution in [1.82, 2.24) is 4.98 Å². The Balaban J connectivity index is 1.80. The van der Waals surface area contributed by atoms with E-state index in [-0.39, 0.29) is 5.91 Å². The Bertz CT molecular complexity index is 924. The van der Waals surface area contributed by atoms with Crippen molar-refractivity contribution in [1.29, 1.82) is 5.26 Å². The van der Waals surface area contributed by atoms with Crippen LogP contribution >= 0.6 is 27.3 Å². The number of aromatic nitrogens is 1. The molecular formula is C18H12BrN3OS. The van der Waals surface area contributed by atoms with Gasteiger partial charge in [-0.25, -0.2) is 4.98 Å². The molecule has 4 nitrogen and oxygen atoms in total. The molecule has 24 heavy (non-hydrogen) atoms. The first kappa shape index (κ1) is 16.4. The standard InChI is InChI=1S/C18H12BrN3OS/c1-11-16(13-6-8-15(19)9-7-13)21-18(24-11)22-17(23)14-4-2-12(10-20)3-5-14/h2-9H,1H3,(H,21,22,23). The van der Waals surface area contributed by atoms with Gasteiger partial charge in [0.2, 0.25) is 0 Å². The highest BCUT2D eigenvalue weighted by Crippen LogP contribution is 2.31. The van der Waals surface area contributed by atoms with E-state index in [2.05, 4.69) is 26.2 Å². The minimum absolute atomic E-state index is 0.240. The van der Waals surface area contributed by atoms with E-state index in [9.17, 15) is 4.79 Å². The Morgan fingerprint density at radius 2 is 1.83 bits per heavy atom. The van der Waals surface area contributed by atoms with Crippen molar-refractivity contribution in [2.75, 3.05) is 5.32 Å². The summed E-state index contributed by atoms with van der Waals surface area (Å²) in [5.74, 6) is -0.240. The van der Waals surface area contributed by atoms with Crippen molar-refractivity contribution in [2.24, 2.45) is 0 Å². The summed E-state index contributed by atoms with van der Waals surface area (Å²) in [5, 5.41) is 12.2. The number of hydrogen-bond acceptors (Lipinski definition) is 4. The molecule has 0 unspecified atom stereocenters. The summed E-state index contributed by atoms with van der Waals surface area (Å²) in [6.07, 6.45) is 0. The van der Waals surface area contributed by atoms with Crippen LogP contribution in [0.4, 0.5) is 5.13 Å². The Labute approximate surface area is 151 Å². The van der Waals surface area contributed by atoms with Gasteiger partial charge in [-0.05, 0) is 43.3 Å². The normalized spacial score (nSPS) is 10.2. The Kier molecular flexibility index (Phi) is 4.74. The number of amides is 1. The molecular weight excluding hydrogens is 386 g/mol. The van der Waals surface area contributed by atoms with Gasteiger partial charge in [-0.15, -0.1) is 11.3 Å². The first-order valence-corrected chi connectivity index (χ1v) is 8.72. The van der Waals surface area contributed by atoms with Crippen molar-refractivity contribution >= 4 is 38.3 Å². The molecule has 0 saturated heterocycles. The molecule has 0 aliphatic carbocycles. The Morgan fingerprint density at radius 3 is 2.46 bits per heavy atom. The van der Waals surface area contributed by atoms with Gasteiger partial charge in [-0.1, -0.05) is 28.1 Å². The van der Waals surface area contributed by atoms with Gasteiger partial charge in [-0.2, -0.15) is 5.26 Å². The van der Waals surface area contributed by atoms with Crippen LogP contribution in [0.2, 0.25) is 0 Å². The zero-order chi connectivity index (χ0) is 17.1. The maximum atomic E-state index is 12.3. The number of anilines is 1. The zero-order valence-corrected chi connectivity index (χ0v) is 15.1. The number of aryl methyl sites for hydroxylation is 1. The molecule has 1 heterocycles. The quantitative estimate of drug-likeness (QED) is 0.675. The van der Waals surface area contributed by atoms with Crippen molar-refractivity contribution in [2.45, 2.75) is 6.92 Å². The lowest BCUT2D eigenvalue weighted by atomic mass is 10.1. The van der Waals surface area contributed by atoms with Gasteiger partial charge in [0.15, 0.2) is 5.13 Å². The first-order chi connectivity index (χ1) is 11.6. The number of halogens is 1. The van der Waals surface area contributed by atoms with Gasteiger partial charge >= 0.3 is 0 Å². The van der Waals surface area contributed by atoms with E-state index in [1.165, 1.54) is 11.3 Å². The third kappa shape index (κ3) is 3.53. The smallest absolute Gasteiger partial charge is 0.257 e. The number of nitrogens with zero attached hydrogens (tertiary/aromatic N) is 2. The fourth-order valence-electron chi connectivity index (χ4n) is 2.19. The van der Waals surface area contributed by atoms with Crippen LogP contribution in [0, 0.1) is 18.3 Å². The predicted molar refractivity (Wildman–Crippen MR) is 99.1 cm³/mol. The van der Waals surface area contributed by atoms with Crippen molar-refractivity contribution in [3.05, 3.63) is 69.0 Å². The third-order valence-corrected chi connectivity index (χ3v) is 4.83. The summed E-state index contributed by atoms with van der Waals surface area (Å²) in [5.41, 5.74) is 2.88. The lowest BCUT2D eigenvalue weighted by Crippen LogP contribution is -2.11. The number of carbonyl (C=O) groups excluding carboxylic acids is 1. The van der Waals surface area contributed by atoms with Gasteiger partial charge in [0.1, 0.15) is 0 Å². The molecule has 0 fully saturated rings. The van der Waals surface area contributed by atoms with Crippen molar-refractivity contribution in [3.8, 4) is 17.3 Å². The van der Waals surface area contributed by atoms with Crippen molar-refractivity contribution < 1.29 is 4.79 Å². The molecule has 0 spiro atoms. The average molecular weight is 398 g/mol. The topological polar surface area (TPSA) is 65.8 Å². The molecule has 0 aliphatic rings. The first-order valence-electron chi connectivity index (χ1n) is 7.11. The van der Waals surface area contributed by atoms with Crippen LogP contribution in [0.25, 0.3) is 11.3 Å². The van der Waals surface area contributed by atoms with Crippen LogP contribution in [-0.2, 0) is 0 Å². The van der Waals surface area contributed by atoms with Gasteiger partial charge in [0.25, 0.3) is 5.91 Å². The molecule has 0 atom stereocenters. The minimum atomic E-state index is -0.240. The van der Waals surface area contributed by atoms with Gasteiger partial charge < -0.3 is 0 Å². The predicted octanol–water partition coefficient (Wildman–Crippen LogP) is 5.01. The molecule has 1 amide bonds. The maximum absolute atomic E-state index is 12.3. The fraction of sp³-hybridized carbons (Fsp3) is 0.0556. The van der Waals surface area contributed by atoms with Crippen LogP contribution < -0.4 is 5.32 Å². The number of hydrogen-bond donors (Lipinski definition) is 1. The summed E-state index contributed by atoms with van der Waals surface area (Å²) >= 11 is 4.85. The largest absolute Gasteiger partial charge is 0.298 e. The Hall–Kier alpha value is -2.49. The van der Waals surface area contributed by atoms with E-state index >= 15 is 0 Å². The Morgan fingerprint density at radius 1 is 1.17 bits per heavy atom. The number of nitriles is 1. The lowest BCUT2D eigenvalue weighted by molar-refractivity contribution is 0.102. The summed E-state index contributed by atoms with van der Waals surface area (Å²) in [4.78, 5) is 17.8. The lowest BCUT2D eigenvalue weighted by Gasteiger charge is -2.01. The second-order valence-corrected chi connectivity index (χ2v) is 7.19. The number of rotatable bonds is 3. The molecule has 2 aromatic carbocycles. The minimum Gasteiger partial charge on any atom is -0.298 e. The fourth-order valence-corrected chi connectivity index (χ4v) is 3.29. The molecule has 0 radical (unpaired) electrons.